The molecule has 0 unspecified atom stereocenters. The van der Waals surface area contributed by atoms with Crippen LogP contribution in [0.5, 0.6) is 0 Å². The first-order chi connectivity index (χ1) is 21.9. The SMILES string of the molecule is Cc1ccc(NC(=O)c2ccc(CN3CCN(C)CC3)cc2)cc1NC(=O)n1ccc2c(Nc3cccc(CO)c3)ncnc21. The van der Waals surface area contributed by atoms with E-state index in [-0.39, 0.29) is 12.5 Å². The summed E-state index contributed by atoms with van der Waals surface area (Å²) in [7, 11) is 2.14. The number of benzene rings is 3. The highest BCUT2D eigenvalue weighted by atomic mass is 16.3. The molecule has 0 spiro atoms. The second-order valence-electron chi connectivity index (χ2n) is 11.3. The number of fused-ring (bicyclic) bond motifs is 1. The molecular formula is C34H36N8O3. The quantitative estimate of drug-likeness (QED) is 0.194. The molecule has 11 nitrogen and oxygen atoms in total. The molecule has 3 heterocycles. The molecule has 2 aromatic heterocycles. The van der Waals surface area contributed by atoms with Crippen LogP contribution in [0, 0.1) is 6.92 Å². The maximum absolute atomic E-state index is 13.4. The smallest absolute Gasteiger partial charge is 0.331 e. The lowest BCUT2D eigenvalue weighted by molar-refractivity contribution is 0.102. The van der Waals surface area contributed by atoms with Gasteiger partial charge in [0, 0.05) is 61.5 Å². The number of nitrogens with zero attached hydrogens (tertiary/aromatic N) is 5. The van der Waals surface area contributed by atoms with Gasteiger partial charge in [-0.25, -0.2) is 14.8 Å². The standard InChI is InChI=1S/C34H36N8O3/c1-23-6-11-28(38-33(44)26-9-7-24(8-10-26)20-41-16-14-40(2)15-17-41)19-30(23)39-34(45)42-13-12-29-31(35-22-36-32(29)42)37-27-5-3-4-25(18-27)21-43/h3-13,18-19,22,43H,14-17,20-21H2,1-2H3,(H,38,44)(H,39,45)(H,35,36,37). The molecule has 2 amide bonds. The van der Waals surface area contributed by atoms with Crippen LogP contribution in [0.3, 0.4) is 0 Å². The minimum absolute atomic E-state index is 0.0694. The summed E-state index contributed by atoms with van der Waals surface area (Å²) >= 11 is 0. The second-order valence-corrected chi connectivity index (χ2v) is 11.3. The van der Waals surface area contributed by atoms with Gasteiger partial charge in [0.05, 0.1) is 12.0 Å². The highest BCUT2D eigenvalue weighted by Gasteiger charge is 2.17. The predicted octanol–water partition coefficient (Wildman–Crippen LogP) is 5.06. The molecular weight excluding hydrogens is 568 g/mol. The summed E-state index contributed by atoms with van der Waals surface area (Å²) in [5, 5.41) is 19.3. The molecule has 5 aromatic rings. The van der Waals surface area contributed by atoms with E-state index in [1.807, 2.05) is 67.6 Å². The number of hydrogen-bond donors (Lipinski definition) is 4. The van der Waals surface area contributed by atoms with Crippen molar-refractivity contribution in [3.63, 3.8) is 0 Å². The van der Waals surface area contributed by atoms with Crippen LogP contribution in [0.15, 0.2) is 85.3 Å². The summed E-state index contributed by atoms with van der Waals surface area (Å²) in [5.74, 6) is 0.315. The third kappa shape index (κ3) is 7.01. The summed E-state index contributed by atoms with van der Waals surface area (Å²) in [4.78, 5) is 39.9. The highest BCUT2D eigenvalue weighted by molar-refractivity contribution is 6.05. The number of aliphatic hydroxyl groups excluding tert-OH is 1. The third-order valence-electron chi connectivity index (χ3n) is 8.03. The summed E-state index contributed by atoms with van der Waals surface area (Å²) in [5.41, 5.74) is 5.68. The molecule has 0 radical (unpaired) electrons. The van der Waals surface area contributed by atoms with E-state index in [1.54, 1.807) is 18.3 Å². The Kier molecular flexibility index (Phi) is 8.83. The maximum atomic E-state index is 13.4. The van der Waals surface area contributed by atoms with Crippen LogP contribution in [0.4, 0.5) is 27.7 Å². The fraction of sp³-hybridized carbons (Fsp3) is 0.235. The minimum Gasteiger partial charge on any atom is -0.392 e. The van der Waals surface area contributed by atoms with Crippen molar-refractivity contribution >= 4 is 45.9 Å². The van der Waals surface area contributed by atoms with Crippen LogP contribution >= 0.6 is 0 Å². The van der Waals surface area contributed by atoms with Gasteiger partial charge in [-0.3, -0.25) is 14.3 Å². The molecule has 230 valence electrons. The first-order valence-electron chi connectivity index (χ1n) is 14.9. The normalized spacial score (nSPS) is 13.9. The van der Waals surface area contributed by atoms with Crippen molar-refractivity contribution < 1.29 is 14.7 Å². The molecule has 1 fully saturated rings. The molecule has 0 saturated carbocycles. The zero-order valence-corrected chi connectivity index (χ0v) is 25.3. The van der Waals surface area contributed by atoms with Gasteiger partial charge in [0.15, 0.2) is 5.65 Å². The van der Waals surface area contributed by atoms with Gasteiger partial charge in [-0.1, -0.05) is 30.3 Å². The van der Waals surface area contributed by atoms with Gasteiger partial charge in [0.2, 0.25) is 0 Å². The van der Waals surface area contributed by atoms with E-state index in [0.29, 0.717) is 33.8 Å². The van der Waals surface area contributed by atoms with Gasteiger partial charge in [0.25, 0.3) is 5.91 Å². The van der Waals surface area contributed by atoms with E-state index in [4.69, 9.17) is 0 Å². The van der Waals surface area contributed by atoms with Crippen LogP contribution in [0.2, 0.25) is 0 Å². The lowest BCUT2D eigenvalue weighted by atomic mass is 10.1. The zero-order chi connectivity index (χ0) is 31.3. The van der Waals surface area contributed by atoms with Crippen molar-refractivity contribution in [3.8, 4) is 0 Å². The Labute approximate surface area is 261 Å². The van der Waals surface area contributed by atoms with Crippen molar-refractivity contribution in [2.45, 2.75) is 20.1 Å². The summed E-state index contributed by atoms with van der Waals surface area (Å²) in [6.45, 7) is 6.90. The number of piperazine rings is 1. The molecule has 1 saturated heterocycles. The van der Waals surface area contributed by atoms with Crippen LogP contribution in [0.25, 0.3) is 11.0 Å². The fourth-order valence-corrected chi connectivity index (χ4v) is 5.34. The first-order valence-corrected chi connectivity index (χ1v) is 14.9. The summed E-state index contributed by atoms with van der Waals surface area (Å²) in [6.07, 6.45) is 3.03. The number of aliphatic hydroxyl groups is 1. The van der Waals surface area contributed by atoms with Crippen molar-refractivity contribution in [1.29, 1.82) is 0 Å². The van der Waals surface area contributed by atoms with Crippen LogP contribution in [0.1, 0.15) is 27.0 Å². The topological polar surface area (TPSA) is 128 Å². The average molecular weight is 605 g/mol. The lowest BCUT2D eigenvalue weighted by Crippen LogP contribution is -2.43. The Balaban J connectivity index is 1.12. The van der Waals surface area contributed by atoms with Gasteiger partial charge < -0.3 is 26.0 Å². The lowest BCUT2D eigenvalue weighted by Gasteiger charge is -2.32. The van der Waals surface area contributed by atoms with E-state index in [0.717, 1.165) is 49.5 Å². The zero-order valence-electron chi connectivity index (χ0n) is 25.3. The van der Waals surface area contributed by atoms with Crippen LogP contribution < -0.4 is 16.0 Å². The molecule has 0 aliphatic carbocycles. The van der Waals surface area contributed by atoms with E-state index in [9.17, 15) is 14.7 Å². The Bertz CT molecular complexity index is 1830. The second kappa shape index (κ2) is 13.3. The molecule has 11 heteroatoms. The maximum Gasteiger partial charge on any atom is 0.331 e. The highest BCUT2D eigenvalue weighted by Crippen LogP contribution is 2.26. The van der Waals surface area contributed by atoms with Crippen LogP contribution in [-0.4, -0.2) is 74.6 Å². The number of amides is 2. The van der Waals surface area contributed by atoms with Crippen molar-refractivity contribution in [3.05, 3.63) is 108 Å². The third-order valence-corrected chi connectivity index (χ3v) is 8.03. The Morgan fingerprint density at radius 2 is 1.67 bits per heavy atom. The van der Waals surface area contributed by atoms with Gasteiger partial charge in [-0.2, -0.15) is 0 Å². The molecule has 45 heavy (non-hydrogen) atoms. The van der Waals surface area contributed by atoms with E-state index in [1.165, 1.54) is 16.5 Å². The number of carbonyl (C=O) groups excluding carboxylic acids is 2. The van der Waals surface area contributed by atoms with Gasteiger partial charge in [-0.15, -0.1) is 0 Å². The van der Waals surface area contributed by atoms with E-state index >= 15 is 0 Å². The van der Waals surface area contributed by atoms with E-state index in [2.05, 4.69) is 42.8 Å². The van der Waals surface area contributed by atoms with Gasteiger partial charge in [-0.05, 0) is 73.1 Å². The van der Waals surface area contributed by atoms with Crippen LogP contribution in [-0.2, 0) is 13.2 Å². The monoisotopic (exact) mass is 604 g/mol. The number of likely N-dealkylation sites (N-methyl/N-ethyl adjacent to an activating group) is 1. The molecule has 0 atom stereocenters. The first kappa shape index (κ1) is 29.9. The van der Waals surface area contributed by atoms with Crippen molar-refractivity contribution in [1.82, 2.24) is 24.3 Å². The molecule has 3 aromatic carbocycles. The van der Waals surface area contributed by atoms with Gasteiger partial charge in [0.1, 0.15) is 12.1 Å². The number of anilines is 4. The molecule has 1 aliphatic heterocycles. The Hall–Kier alpha value is -5.10. The Morgan fingerprint density at radius 3 is 2.44 bits per heavy atom. The van der Waals surface area contributed by atoms with Crippen molar-refractivity contribution in [2.24, 2.45) is 0 Å². The minimum atomic E-state index is -0.403. The summed E-state index contributed by atoms with van der Waals surface area (Å²) in [6, 6.07) is 21.9. The number of aryl methyl sites for hydroxylation is 1. The molecule has 6 rings (SSSR count). The largest absolute Gasteiger partial charge is 0.392 e. The molecule has 1 aliphatic rings. The number of rotatable bonds is 8. The molecule has 0 bridgehead atoms. The fourth-order valence-electron chi connectivity index (χ4n) is 5.34. The predicted molar refractivity (Wildman–Crippen MR) is 176 cm³/mol. The van der Waals surface area contributed by atoms with E-state index < -0.39 is 6.03 Å². The number of hydrogen-bond acceptors (Lipinski definition) is 8. The number of carbonyl (C=O) groups is 2. The number of aromatic nitrogens is 3. The Morgan fingerprint density at radius 1 is 0.867 bits per heavy atom. The molecule has 4 N–H and O–H groups in total. The summed E-state index contributed by atoms with van der Waals surface area (Å²) < 4.78 is 1.42. The average Bonchev–Trinajstić information content (AvgIpc) is 3.50. The van der Waals surface area contributed by atoms with Crippen molar-refractivity contribution in [2.75, 3.05) is 49.2 Å². The van der Waals surface area contributed by atoms with Gasteiger partial charge >= 0.3 is 6.03 Å². The number of nitrogens with one attached hydrogen (secondary N) is 3.